The Kier molecular flexibility index (Phi) is 4.17. The number of benzene rings is 1. The maximum absolute atomic E-state index is 4.21. The molecule has 0 spiro atoms. The topological polar surface area (TPSA) is 58.5 Å². The number of fused-ring (bicyclic) bond motifs is 1. The van der Waals surface area contributed by atoms with Crippen LogP contribution in [0.5, 0.6) is 0 Å². The molecule has 0 saturated carbocycles. The Morgan fingerprint density at radius 1 is 1.38 bits per heavy atom. The van der Waals surface area contributed by atoms with Gasteiger partial charge in [0.15, 0.2) is 0 Å². The first-order chi connectivity index (χ1) is 11.8. The maximum Gasteiger partial charge on any atom is 0.0991 e. The molecule has 0 saturated heterocycles. The van der Waals surface area contributed by atoms with Crippen molar-refractivity contribution in [2.75, 3.05) is 6.54 Å². The number of hydrogen-bond donors (Lipinski definition) is 2. The molecular formula is C19H23N5. The number of nitrogens with one attached hydrogen (secondary N) is 2. The molecule has 0 fully saturated rings. The van der Waals surface area contributed by atoms with E-state index in [0.29, 0.717) is 5.92 Å². The van der Waals surface area contributed by atoms with Crippen molar-refractivity contribution in [1.29, 1.82) is 0 Å². The lowest BCUT2D eigenvalue weighted by atomic mass is 9.87. The van der Waals surface area contributed by atoms with Gasteiger partial charge in [-0.25, -0.2) is 4.98 Å². The number of nitrogens with zero attached hydrogens (tertiary/aromatic N) is 3. The monoisotopic (exact) mass is 321 g/mol. The van der Waals surface area contributed by atoms with Crippen LogP contribution in [0.25, 0.3) is 5.69 Å². The van der Waals surface area contributed by atoms with Crippen LogP contribution in [0.3, 0.4) is 0 Å². The standard InChI is InChI=1S/C19H23N5/c1-14-9-15(5-6-19(14)24-8-7-20-13-24)10-21-11-16-3-2-4-18-17(16)12-22-23-18/h5-9,12-13,16,21H,2-4,10-11H2,1H3,(H,22,23). The van der Waals surface area contributed by atoms with Gasteiger partial charge >= 0.3 is 0 Å². The van der Waals surface area contributed by atoms with Gasteiger partial charge in [-0.2, -0.15) is 5.10 Å². The van der Waals surface area contributed by atoms with Crippen LogP contribution < -0.4 is 5.32 Å². The van der Waals surface area contributed by atoms with Gasteiger partial charge in [0.1, 0.15) is 0 Å². The molecule has 2 heterocycles. The van der Waals surface area contributed by atoms with Crippen LogP contribution >= 0.6 is 0 Å². The van der Waals surface area contributed by atoms with E-state index in [1.807, 2.05) is 24.9 Å². The van der Waals surface area contributed by atoms with E-state index >= 15 is 0 Å². The van der Waals surface area contributed by atoms with Gasteiger partial charge in [0.2, 0.25) is 0 Å². The summed E-state index contributed by atoms with van der Waals surface area (Å²) in [4.78, 5) is 4.12. The van der Waals surface area contributed by atoms with E-state index in [1.54, 1.807) is 0 Å². The largest absolute Gasteiger partial charge is 0.312 e. The number of imidazole rings is 1. The number of H-pyrrole nitrogens is 1. The molecule has 1 aliphatic carbocycles. The highest BCUT2D eigenvalue weighted by Gasteiger charge is 2.21. The van der Waals surface area contributed by atoms with Crippen molar-refractivity contribution in [2.24, 2.45) is 0 Å². The molecule has 2 aromatic heterocycles. The lowest BCUT2D eigenvalue weighted by Crippen LogP contribution is -2.23. The number of aromatic amines is 1. The summed E-state index contributed by atoms with van der Waals surface area (Å²) in [6, 6.07) is 6.62. The molecule has 1 aliphatic rings. The minimum absolute atomic E-state index is 0.582. The zero-order valence-electron chi connectivity index (χ0n) is 14.0. The van der Waals surface area contributed by atoms with E-state index in [9.17, 15) is 0 Å². The van der Waals surface area contributed by atoms with Crippen molar-refractivity contribution in [2.45, 2.75) is 38.6 Å². The third-order valence-electron chi connectivity index (χ3n) is 4.93. The second-order valence-electron chi connectivity index (χ2n) is 6.61. The number of hydrogen-bond acceptors (Lipinski definition) is 3. The number of rotatable bonds is 5. The summed E-state index contributed by atoms with van der Waals surface area (Å²) in [5, 5.41) is 11.0. The van der Waals surface area contributed by atoms with E-state index in [2.05, 4.69) is 50.2 Å². The molecule has 5 heteroatoms. The first-order valence-electron chi connectivity index (χ1n) is 8.62. The smallest absolute Gasteiger partial charge is 0.0991 e. The van der Waals surface area contributed by atoms with Gasteiger partial charge < -0.3 is 9.88 Å². The van der Waals surface area contributed by atoms with Crippen LogP contribution in [0.15, 0.2) is 43.1 Å². The Bertz CT molecular complexity index is 803. The zero-order chi connectivity index (χ0) is 16.4. The van der Waals surface area contributed by atoms with Crippen LogP contribution in [0.4, 0.5) is 0 Å². The van der Waals surface area contributed by atoms with Crippen LogP contribution in [-0.2, 0) is 13.0 Å². The number of aryl methyl sites for hydroxylation is 2. The van der Waals surface area contributed by atoms with Crippen LogP contribution in [0.2, 0.25) is 0 Å². The Morgan fingerprint density at radius 2 is 2.33 bits per heavy atom. The number of aromatic nitrogens is 4. The summed E-state index contributed by atoms with van der Waals surface area (Å²) >= 11 is 0. The summed E-state index contributed by atoms with van der Waals surface area (Å²) in [7, 11) is 0. The third-order valence-corrected chi connectivity index (χ3v) is 4.93. The molecule has 0 aliphatic heterocycles. The average molecular weight is 321 g/mol. The van der Waals surface area contributed by atoms with Crippen LogP contribution in [0, 0.1) is 6.92 Å². The van der Waals surface area contributed by atoms with Gasteiger partial charge in [-0.15, -0.1) is 0 Å². The first kappa shape index (κ1) is 15.1. The molecule has 0 amide bonds. The minimum Gasteiger partial charge on any atom is -0.312 e. The molecule has 1 atom stereocenters. The molecule has 0 bridgehead atoms. The first-order valence-corrected chi connectivity index (χ1v) is 8.62. The van der Waals surface area contributed by atoms with Gasteiger partial charge in [0.25, 0.3) is 0 Å². The molecule has 3 aromatic rings. The second kappa shape index (κ2) is 6.61. The Balaban J connectivity index is 1.38. The Labute approximate surface area is 142 Å². The fraction of sp³-hybridized carbons (Fsp3) is 0.368. The molecular weight excluding hydrogens is 298 g/mol. The average Bonchev–Trinajstić information content (AvgIpc) is 3.27. The van der Waals surface area contributed by atoms with Crippen molar-refractivity contribution in [1.82, 2.24) is 25.1 Å². The quantitative estimate of drug-likeness (QED) is 0.759. The Morgan fingerprint density at radius 3 is 3.17 bits per heavy atom. The predicted molar refractivity (Wildman–Crippen MR) is 94.3 cm³/mol. The molecule has 24 heavy (non-hydrogen) atoms. The molecule has 4 rings (SSSR count). The molecule has 5 nitrogen and oxygen atoms in total. The summed E-state index contributed by atoms with van der Waals surface area (Å²) in [5.74, 6) is 0.582. The second-order valence-corrected chi connectivity index (χ2v) is 6.61. The normalized spacial score (nSPS) is 17.0. The highest BCUT2D eigenvalue weighted by Crippen LogP contribution is 2.29. The zero-order valence-corrected chi connectivity index (χ0v) is 14.0. The van der Waals surface area contributed by atoms with Crippen molar-refractivity contribution in [3.63, 3.8) is 0 Å². The summed E-state index contributed by atoms with van der Waals surface area (Å²) in [6.07, 6.45) is 11.3. The summed E-state index contributed by atoms with van der Waals surface area (Å²) in [6.45, 7) is 4.06. The van der Waals surface area contributed by atoms with E-state index in [0.717, 1.165) is 19.5 Å². The molecule has 2 N–H and O–H groups in total. The van der Waals surface area contributed by atoms with E-state index < -0.39 is 0 Å². The maximum atomic E-state index is 4.21. The van der Waals surface area contributed by atoms with Crippen molar-refractivity contribution in [3.05, 3.63) is 65.5 Å². The van der Waals surface area contributed by atoms with Crippen LogP contribution in [-0.4, -0.2) is 26.3 Å². The van der Waals surface area contributed by atoms with Gasteiger partial charge in [0.05, 0.1) is 12.5 Å². The van der Waals surface area contributed by atoms with Crippen molar-refractivity contribution < 1.29 is 0 Å². The van der Waals surface area contributed by atoms with Gasteiger partial charge in [-0.3, -0.25) is 5.10 Å². The lowest BCUT2D eigenvalue weighted by molar-refractivity contribution is 0.505. The SMILES string of the molecule is Cc1cc(CNCC2CCCc3[nH]ncc32)ccc1-n1ccnc1. The molecule has 0 radical (unpaired) electrons. The fourth-order valence-corrected chi connectivity index (χ4v) is 3.68. The molecule has 1 aromatic carbocycles. The van der Waals surface area contributed by atoms with Gasteiger partial charge in [-0.1, -0.05) is 12.1 Å². The van der Waals surface area contributed by atoms with Crippen LogP contribution in [0.1, 0.15) is 41.1 Å². The van der Waals surface area contributed by atoms with Crippen molar-refractivity contribution in [3.8, 4) is 5.69 Å². The highest BCUT2D eigenvalue weighted by molar-refractivity contribution is 5.42. The summed E-state index contributed by atoms with van der Waals surface area (Å²) in [5.41, 5.74) is 6.50. The third kappa shape index (κ3) is 2.99. The van der Waals surface area contributed by atoms with Crippen molar-refractivity contribution >= 4 is 0 Å². The van der Waals surface area contributed by atoms with Gasteiger partial charge in [-0.05, 0) is 54.9 Å². The summed E-state index contributed by atoms with van der Waals surface area (Å²) < 4.78 is 2.05. The fourth-order valence-electron chi connectivity index (χ4n) is 3.68. The predicted octanol–water partition coefficient (Wildman–Crippen LogP) is 3.11. The van der Waals surface area contributed by atoms with Gasteiger partial charge in [0, 0.05) is 36.9 Å². The minimum atomic E-state index is 0.582. The van der Waals surface area contributed by atoms with E-state index in [4.69, 9.17) is 0 Å². The lowest BCUT2D eigenvalue weighted by Gasteiger charge is -2.22. The Hall–Kier alpha value is -2.40. The highest BCUT2D eigenvalue weighted by atomic mass is 15.1. The van der Waals surface area contributed by atoms with E-state index in [-0.39, 0.29) is 0 Å². The molecule has 124 valence electrons. The molecule has 1 unspecified atom stereocenters. The van der Waals surface area contributed by atoms with E-state index in [1.165, 1.54) is 40.9 Å².